The molecule has 0 atom stereocenters. The van der Waals surface area contributed by atoms with Gasteiger partial charge in [0.2, 0.25) is 0 Å². The predicted molar refractivity (Wildman–Crippen MR) is 113 cm³/mol. The highest BCUT2D eigenvalue weighted by atomic mass is 127. The number of aliphatic imine (C=N–C) groups is 1. The average Bonchev–Trinajstić information content (AvgIpc) is 3.08. The fraction of sp³-hybridized carbons (Fsp3) is 0.688. The Balaban J connectivity index is 0.00000264. The molecule has 1 aromatic heterocycles. The molecule has 1 fully saturated rings. The summed E-state index contributed by atoms with van der Waals surface area (Å²) in [6.07, 6.45) is 2.32. The minimum atomic E-state index is 0. The molecular formula is C16H30IN5S. The molecule has 132 valence electrons. The highest BCUT2D eigenvalue weighted by molar-refractivity contribution is 14.0. The number of nitrogens with zero attached hydrogens (tertiary/aromatic N) is 3. The van der Waals surface area contributed by atoms with Gasteiger partial charge in [-0.25, -0.2) is 0 Å². The predicted octanol–water partition coefficient (Wildman–Crippen LogP) is 2.45. The maximum atomic E-state index is 4.34. The number of nitrogens with one attached hydrogen (secondary N) is 2. The van der Waals surface area contributed by atoms with Gasteiger partial charge in [-0.15, -0.1) is 35.3 Å². The van der Waals surface area contributed by atoms with Crippen molar-refractivity contribution < 1.29 is 0 Å². The van der Waals surface area contributed by atoms with Crippen LogP contribution in [0.2, 0.25) is 0 Å². The minimum Gasteiger partial charge on any atom is -0.363 e. The second-order valence-corrected chi connectivity index (χ2v) is 6.68. The number of thiophene rings is 1. The summed E-state index contributed by atoms with van der Waals surface area (Å²) in [5, 5.41) is 10.5. The summed E-state index contributed by atoms with van der Waals surface area (Å²) >= 11 is 1.83. The Kier molecular flexibility index (Phi) is 9.89. The molecule has 23 heavy (non-hydrogen) atoms. The first-order valence-corrected chi connectivity index (χ1v) is 9.05. The second kappa shape index (κ2) is 11.1. The summed E-state index contributed by atoms with van der Waals surface area (Å²) in [5.41, 5.74) is 0. The Labute approximate surface area is 161 Å². The number of piperidine rings is 1. The van der Waals surface area contributed by atoms with Crippen LogP contribution in [0.3, 0.4) is 0 Å². The van der Waals surface area contributed by atoms with Gasteiger partial charge in [-0.1, -0.05) is 6.92 Å². The van der Waals surface area contributed by atoms with Crippen LogP contribution >= 0.6 is 35.3 Å². The van der Waals surface area contributed by atoms with Gasteiger partial charge in [0.25, 0.3) is 0 Å². The maximum absolute atomic E-state index is 4.34. The van der Waals surface area contributed by atoms with Crippen LogP contribution in [-0.4, -0.2) is 63.7 Å². The van der Waals surface area contributed by atoms with Crippen molar-refractivity contribution in [2.75, 3.05) is 51.7 Å². The third-order valence-corrected chi connectivity index (χ3v) is 5.13. The highest BCUT2D eigenvalue weighted by Gasteiger charge is 2.20. The lowest BCUT2D eigenvalue weighted by atomic mass is 10.1. The molecule has 0 bridgehead atoms. The molecule has 0 amide bonds. The average molecular weight is 451 g/mol. The lowest BCUT2D eigenvalue weighted by Gasteiger charge is -2.33. The monoisotopic (exact) mass is 451 g/mol. The first kappa shape index (κ1) is 20.5. The molecule has 2 rings (SSSR count). The first-order chi connectivity index (χ1) is 10.7. The van der Waals surface area contributed by atoms with E-state index in [9.17, 15) is 0 Å². The van der Waals surface area contributed by atoms with Crippen molar-refractivity contribution in [3.8, 4) is 0 Å². The van der Waals surface area contributed by atoms with Gasteiger partial charge in [0, 0.05) is 39.3 Å². The van der Waals surface area contributed by atoms with E-state index in [1.54, 1.807) is 0 Å². The van der Waals surface area contributed by atoms with Crippen LogP contribution in [0.5, 0.6) is 0 Å². The molecule has 0 aliphatic carbocycles. The number of rotatable bonds is 6. The minimum absolute atomic E-state index is 0. The molecule has 1 aromatic rings. The molecule has 7 heteroatoms. The fourth-order valence-corrected chi connectivity index (χ4v) is 3.39. The summed E-state index contributed by atoms with van der Waals surface area (Å²) in [6.45, 7) is 7.46. The van der Waals surface area contributed by atoms with Crippen LogP contribution in [-0.2, 0) is 0 Å². The lowest BCUT2D eigenvalue weighted by Crippen LogP contribution is -2.49. The van der Waals surface area contributed by atoms with Gasteiger partial charge in [0.05, 0.1) is 5.00 Å². The van der Waals surface area contributed by atoms with Crippen LogP contribution in [0, 0.1) is 0 Å². The molecular weight excluding hydrogens is 421 g/mol. The molecule has 0 aromatic carbocycles. The van der Waals surface area contributed by atoms with E-state index in [0.717, 1.165) is 51.5 Å². The van der Waals surface area contributed by atoms with Gasteiger partial charge >= 0.3 is 0 Å². The summed E-state index contributed by atoms with van der Waals surface area (Å²) in [6, 6.07) is 4.86. The van der Waals surface area contributed by atoms with Crippen molar-refractivity contribution >= 4 is 46.3 Å². The molecule has 2 N–H and O–H groups in total. The van der Waals surface area contributed by atoms with Gasteiger partial charge in [0.1, 0.15) is 0 Å². The van der Waals surface area contributed by atoms with Crippen LogP contribution in [0.15, 0.2) is 22.5 Å². The molecule has 1 aliphatic heterocycles. The van der Waals surface area contributed by atoms with E-state index in [2.05, 4.69) is 56.9 Å². The third-order valence-electron chi connectivity index (χ3n) is 4.20. The summed E-state index contributed by atoms with van der Waals surface area (Å²) in [4.78, 5) is 9.11. The number of halogens is 1. The van der Waals surface area contributed by atoms with Crippen molar-refractivity contribution in [2.24, 2.45) is 4.99 Å². The largest absolute Gasteiger partial charge is 0.363 e. The first-order valence-electron chi connectivity index (χ1n) is 8.17. The van der Waals surface area contributed by atoms with Crippen LogP contribution in [0.25, 0.3) is 0 Å². The van der Waals surface area contributed by atoms with Gasteiger partial charge < -0.3 is 20.4 Å². The van der Waals surface area contributed by atoms with Gasteiger partial charge in [0.15, 0.2) is 5.96 Å². The zero-order chi connectivity index (χ0) is 15.8. The quantitative estimate of drug-likeness (QED) is 0.396. The molecule has 0 spiro atoms. The van der Waals surface area contributed by atoms with Crippen LogP contribution < -0.4 is 15.5 Å². The Morgan fingerprint density at radius 2 is 2.17 bits per heavy atom. The van der Waals surface area contributed by atoms with Crippen LogP contribution in [0.1, 0.15) is 19.8 Å². The molecule has 0 unspecified atom stereocenters. The molecule has 1 saturated heterocycles. The van der Waals surface area contributed by atoms with E-state index in [0.29, 0.717) is 6.04 Å². The Morgan fingerprint density at radius 3 is 2.74 bits per heavy atom. The molecule has 5 nitrogen and oxygen atoms in total. The van der Waals surface area contributed by atoms with E-state index >= 15 is 0 Å². The van der Waals surface area contributed by atoms with E-state index in [1.807, 2.05) is 18.4 Å². The van der Waals surface area contributed by atoms with Gasteiger partial charge in [-0.3, -0.25) is 4.99 Å². The van der Waals surface area contributed by atoms with E-state index in [4.69, 9.17) is 0 Å². The Morgan fingerprint density at radius 1 is 1.43 bits per heavy atom. The lowest BCUT2D eigenvalue weighted by molar-refractivity contribution is 0.356. The number of anilines is 1. The second-order valence-electron chi connectivity index (χ2n) is 5.75. The normalized spacial score (nSPS) is 16.3. The number of hydrogen-bond donors (Lipinski definition) is 2. The van der Waals surface area contributed by atoms with Crippen molar-refractivity contribution in [1.29, 1.82) is 0 Å². The van der Waals surface area contributed by atoms with Crippen LogP contribution in [0.4, 0.5) is 5.00 Å². The zero-order valence-electron chi connectivity index (χ0n) is 14.4. The smallest absolute Gasteiger partial charge is 0.191 e. The molecule has 2 heterocycles. The fourth-order valence-electron chi connectivity index (χ4n) is 2.61. The topological polar surface area (TPSA) is 42.9 Å². The SMILES string of the molecule is CCN(C)CCNC(=NC)NC1CCN(c2cccs2)CC1.I. The number of likely N-dealkylation sites (N-methyl/N-ethyl adjacent to an activating group) is 1. The molecule has 0 radical (unpaired) electrons. The summed E-state index contributed by atoms with van der Waals surface area (Å²) in [7, 11) is 3.98. The Hall–Kier alpha value is -0.540. The van der Waals surface area contributed by atoms with Crippen molar-refractivity contribution in [3.63, 3.8) is 0 Å². The number of hydrogen-bond acceptors (Lipinski definition) is 4. The molecule has 0 saturated carbocycles. The van der Waals surface area contributed by atoms with E-state index in [1.165, 1.54) is 5.00 Å². The van der Waals surface area contributed by atoms with Crippen molar-refractivity contribution in [3.05, 3.63) is 17.5 Å². The van der Waals surface area contributed by atoms with Gasteiger partial charge in [-0.2, -0.15) is 0 Å². The molecule has 1 aliphatic rings. The van der Waals surface area contributed by atoms with E-state index in [-0.39, 0.29) is 24.0 Å². The summed E-state index contributed by atoms with van der Waals surface area (Å²) in [5.74, 6) is 0.930. The third kappa shape index (κ3) is 6.84. The highest BCUT2D eigenvalue weighted by Crippen LogP contribution is 2.24. The van der Waals surface area contributed by atoms with Crippen molar-refractivity contribution in [2.45, 2.75) is 25.8 Å². The van der Waals surface area contributed by atoms with Gasteiger partial charge in [-0.05, 0) is 43.9 Å². The number of guanidine groups is 1. The van der Waals surface area contributed by atoms with E-state index < -0.39 is 0 Å². The Bertz CT molecular complexity index is 443. The summed E-state index contributed by atoms with van der Waals surface area (Å²) < 4.78 is 0. The zero-order valence-corrected chi connectivity index (χ0v) is 17.6. The maximum Gasteiger partial charge on any atom is 0.191 e. The van der Waals surface area contributed by atoms with Crippen molar-refractivity contribution in [1.82, 2.24) is 15.5 Å². The standard InChI is InChI=1S/C16H29N5S.HI/c1-4-20(3)12-9-18-16(17-2)19-14-7-10-21(11-8-14)15-6-5-13-22-15;/h5-6,13-14H,4,7-12H2,1-3H3,(H2,17,18,19);1H.